The van der Waals surface area contributed by atoms with Crippen molar-refractivity contribution in [2.45, 2.75) is 19.0 Å². The molecule has 1 atom stereocenters. The Labute approximate surface area is 179 Å². The highest BCUT2D eigenvalue weighted by Gasteiger charge is 2.30. The van der Waals surface area contributed by atoms with E-state index in [1.165, 1.54) is 12.1 Å². The third-order valence-corrected chi connectivity index (χ3v) is 5.26. The van der Waals surface area contributed by atoms with Crippen LogP contribution in [0.4, 0.5) is 4.39 Å². The predicted octanol–water partition coefficient (Wildman–Crippen LogP) is 4.27. The highest BCUT2D eigenvalue weighted by Crippen LogP contribution is 2.19. The predicted molar refractivity (Wildman–Crippen MR) is 113 cm³/mol. The molecule has 0 bridgehead atoms. The first-order valence-corrected chi connectivity index (χ1v) is 10.1. The Bertz CT molecular complexity index is 887. The van der Waals surface area contributed by atoms with Gasteiger partial charge < -0.3 is 9.64 Å². The normalized spacial score (nSPS) is 16.7. The lowest BCUT2D eigenvalue weighted by Gasteiger charge is -2.41. The van der Waals surface area contributed by atoms with Gasteiger partial charge in [-0.3, -0.25) is 9.69 Å². The minimum Gasteiger partial charge on any atom is -0.484 e. The van der Waals surface area contributed by atoms with Gasteiger partial charge in [-0.2, -0.15) is 0 Å². The van der Waals surface area contributed by atoms with Crippen molar-refractivity contribution in [1.29, 1.82) is 0 Å². The Morgan fingerprint density at radius 1 is 1.20 bits per heavy atom. The van der Waals surface area contributed by atoms with Crippen molar-refractivity contribution in [3.63, 3.8) is 0 Å². The van der Waals surface area contributed by atoms with Crippen LogP contribution in [-0.2, 0) is 11.3 Å². The molecule has 0 aromatic heterocycles. The number of hydrogen-bond donors (Lipinski definition) is 0. The molecule has 7 nitrogen and oxygen atoms in total. The summed E-state index contributed by atoms with van der Waals surface area (Å²) >= 11 is 5.87. The van der Waals surface area contributed by atoms with E-state index in [1.807, 2.05) is 0 Å². The zero-order chi connectivity index (χ0) is 21.3. The van der Waals surface area contributed by atoms with E-state index in [9.17, 15) is 9.18 Å². The Morgan fingerprint density at radius 2 is 1.93 bits per heavy atom. The van der Waals surface area contributed by atoms with Gasteiger partial charge in [-0.15, -0.1) is 0 Å². The van der Waals surface area contributed by atoms with Gasteiger partial charge in [0.05, 0.1) is 0 Å². The second-order valence-electron chi connectivity index (χ2n) is 7.09. The third-order valence-electron chi connectivity index (χ3n) is 5.01. The Morgan fingerprint density at radius 3 is 2.63 bits per heavy atom. The number of carbonyl (C=O) groups excluding carboxylic acids is 1. The van der Waals surface area contributed by atoms with Crippen LogP contribution in [0.2, 0.25) is 5.02 Å². The van der Waals surface area contributed by atoms with Gasteiger partial charge in [-0.1, -0.05) is 28.8 Å². The van der Waals surface area contributed by atoms with Gasteiger partial charge >= 0.3 is 0 Å². The zero-order valence-electron chi connectivity index (χ0n) is 16.5. The molecule has 1 unspecified atom stereocenters. The van der Waals surface area contributed by atoms with E-state index in [2.05, 4.69) is 14.9 Å². The van der Waals surface area contributed by atoms with Crippen molar-refractivity contribution in [3.8, 4) is 5.75 Å². The summed E-state index contributed by atoms with van der Waals surface area (Å²) in [6.07, 6.45) is 0.566. The summed E-state index contributed by atoms with van der Waals surface area (Å²) in [5, 5.41) is 4.22. The van der Waals surface area contributed by atoms with Gasteiger partial charge in [0.25, 0.3) is 5.91 Å². The van der Waals surface area contributed by atoms with Crippen molar-refractivity contribution >= 4 is 17.5 Å². The van der Waals surface area contributed by atoms with Gasteiger partial charge in [0.1, 0.15) is 11.6 Å². The third kappa shape index (κ3) is 6.35. The minimum absolute atomic E-state index is 0.0718. The highest BCUT2D eigenvalue weighted by atomic mass is 35.5. The lowest BCUT2D eigenvalue weighted by Crippen LogP contribution is -2.56. The molecule has 2 aromatic rings. The zero-order valence-corrected chi connectivity index (χ0v) is 17.2. The highest BCUT2D eigenvalue weighted by molar-refractivity contribution is 6.30. The van der Waals surface area contributed by atoms with Crippen molar-refractivity contribution in [2.75, 3.05) is 32.8 Å². The number of azide groups is 1. The summed E-state index contributed by atoms with van der Waals surface area (Å²) in [5.74, 6) is 0.202. The second kappa shape index (κ2) is 10.8. The minimum atomic E-state index is -0.262. The molecule has 2 aromatic carbocycles. The molecule has 3 rings (SSSR count). The molecule has 0 radical (unpaired) electrons. The van der Waals surface area contributed by atoms with E-state index in [1.54, 1.807) is 41.3 Å². The number of carbonyl (C=O) groups is 1. The van der Waals surface area contributed by atoms with Crippen LogP contribution in [0.15, 0.2) is 53.6 Å². The van der Waals surface area contributed by atoms with Crippen molar-refractivity contribution in [3.05, 3.63) is 75.4 Å². The number of hydrogen-bond acceptors (Lipinski definition) is 4. The molecule has 1 aliphatic rings. The van der Waals surface area contributed by atoms with E-state index < -0.39 is 0 Å². The monoisotopic (exact) mass is 431 g/mol. The molecule has 1 heterocycles. The Kier molecular flexibility index (Phi) is 7.90. The summed E-state index contributed by atoms with van der Waals surface area (Å²) in [7, 11) is 0. The van der Waals surface area contributed by atoms with Gasteiger partial charge in [0.15, 0.2) is 6.61 Å². The van der Waals surface area contributed by atoms with Crippen molar-refractivity contribution in [1.82, 2.24) is 9.80 Å². The number of halogens is 2. The fourth-order valence-corrected chi connectivity index (χ4v) is 3.62. The standard InChI is InChI=1S/C21H23ClFN5O2/c22-17-3-7-20(8-4-17)30-15-21(29)28-12-11-27(14-19(28)9-10-25-26-24)13-16-1-5-18(23)6-2-16/h1-8,19H,9-15H2. The molecule has 1 fully saturated rings. The SMILES string of the molecule is [N-]=[N+]=NCCC1CN(Cc2ccc(F)cc2)CCN1C(=O)COc1ccc(Cl)cc1. The van der Waals surface area contributed by atoms with E-state index >= 15 is 0 Å². The molecule has 0 saturated carbocycles. The first kappa shape index (κ1) is 21.9. The molecule has 0 spiro atoms. The summed E-state index contributed by atoms with van der Waals surface area (Å²) in [6, 6.07) is 13.2. The summed E-state index contributed by atoms with van der Waals surface area (Å²) < 4.78 is 18.7. The van der Waals surface area contributed by atoms with Crippen LogP contribution >= 0.6 is 11.6 Å². The number of benzene rings is 2. The quantitative estimate of drug-likeness (QED) is 0.355. The molecule has 0 N–H and O–H groups in total. The molecule has 0 aliphatic carbocycles. The molecular weight excluding hydrogens is 409 g/mol. The van der Waals surface area contributed by atoms with Crippen molar-refractivity contribution < 1.29 is 13.9 Å². The molecule has 9 heteroatoms. The number of nitrogens with zero attached hydrogens (tertiary/aromatic N) is 5. The number of amides is 1. The fraction of sp³-hybridized carbons (Fsp3) is 0.381. The molecule has 1 aliphatic heterocycles. The van der Waals surface area contributed by atoms with Crippen LogP contribution in [0, 0.1) is 5.82 Å². The van der Waals surface area contributed by atoms with Gasteiger partial charge in [0.2, 0.25) is 0 Å². The first-order valence-electron chi connectivity index (χ1n) is 9.70. The maximum absolute atomic E-state index is 13.1. The molecule has 30 heavy (non-hydrogen) atoms. The molecular formula is C21H23ClFN5O2. The lowest BCUT2D eigenvalue weighted by atomic mass is 10.1. The van der Waals surface area contributed by atoms with Crippen LogP contribution in [0.5, 0.6) is 5.75 Å². The van der Waals surface area contributed by atoms with Crippen molar-refractivity contribution in [2.24, 2.45) is 5.11 Å². The summed E-state index contributed by atoms with van der Waals surface area (Å²) in [6.45, 7) is 2.80. The van der Waals surface area contributed by atoms with E-state index in [0.717, 1.165) is 5.56 Å². The number of ether oxygens (including phenoxy) is 1. The van der Waals surface area contributed by atoms with Gasteiger partial charge in [-0.05, 0) is 53.9 Å². The summed E-state index contributed by atoms with van der Waals surface area (Å²) in [5.41, 5.74) is 9.59. The molecule has 1 amide bonds. The topological polar surface area (TPSA) is 81.5 Å². The largest absolute Gasteiger partial charge is 0.484 e. The van der Waals surface area contributed by atoms with Crippen LogP contribution in [-0.4, -0.2) is 54.5 Å². The summed E-state index contributed by atoms with van der Waals surface area (Å²) in [4.78, 5) is 19.6. The van der Waals surface area contributed by atoms with Crippen LogP contribution in [0.1, 0.15) is 12.0 Å². The van der Waals surface area contributed by atoms with Crippen LogP contribution in [0.25, 0.3) is 10.4 Å². The van der Waals surface area contributed by atoms with E-state index in [0.29, 0.717) is 49.9 Å². The lowest BCUT2D eigenvalue weighted by molar-refractivity contribution is -0.138. The first-order chi connectivity index (χ1) is 14.5. The van der Waals surface area contributed by atoms with E-state index in [4.69, 9.17) is 21.9 Å². The second-order valence-corrected chi connectivity index (χ2v) is 7.52. The van der Waals surface area contributed by atoms with Gasteiger partial charge in [-0.25, -0.2) is 4.39 Å². The maximum atomic E-state index is 13.1. The Balaban J connectivity index is 1.60. The smallest absolute Gasteiger partial charge is 0.260 e. The molecule has 1 saturated heterocycles. The molecule has 158 valence electrons. The van der Waals surface area contributed by atoms with Gasteiger partial charge in [0, 0.05) is 48.7 Å². The number of piperazine rings is 1. The average Bonchev–Trinajstić information content (AvgIpc) is 2.75. The average molecular weight is 432 g/mol. The maximum Gasteiger partial charge on any atom is 0.260 e. The fourth-order valence-electron chi connectivity index (χ4n) is 3.50. The number of rotatable bonds is 8. The Hall–Kier alpha value is -2.80. The van der Waals surface area contributed by atoms with Crippen LogP contribution < -0.4 is 4.74 Å². The van der Waals surface area contributed by atoms with E-state index in [-0.39, 0.29) is 24.4 Å². The van der Waals surface area contributed by atoms with Crippen LogP contribution in [0.3, 0.4) is 0 Å².